The summed E-state index contributed by atoms with van der Waals surface area (Å²) >= 11 is 1.34. The van der Waals surface area contributed by atoms with E-state index in [0.29, 0.717) is 10.4 Å². The van der Waals surface area contributed by atoms with E-state index in [1.54, 1.807) is 25.1 Å². The molecule has 1 atom stereocenters. The van der Waals surface area contributed by atoms with Gasteiger partial charge in [-0.1, -0.05) is 30.3 Å². The Balaban J connectivity index is 0.00000200. The Morgan fingerprint density at radius 1 is 1.10 bits per heavy atom. The number of hydrogen-bond donors (Lipinski definition) is 0. The van der Waals surface area contributed by atoms with Gasteiger partial charge in [0.1, 0.15) is 0 Å². The average molecular weight is 311 g/mol. The smallest absolute Gasteiger partial charge is 0.313 e. The highest BCUT2D eigenvalue weighted by Crippen LogP contribution is 2.27. The number of methoxy groups -OCH3 is 1. The van der Waals surface area contributed by atoms with Gasteiger partial charge in [0.2, 0.25) is 5.78 Å². The molecule has 3 nitrogen and oxygen atoms in total. The summed E-state index contributed by atoms with van der Waals surface area (Å²) in [5, 5.41) is 0. The van der Waals surface area contributed by atoms with Crippen molar-refractivity contribution in [3.05, 3.63) is 57.8 Å². The molecule has 0 spiro atoms. The lowest BCUT2D eigenvalue weighted by Crippen LogP contribution is -2.09. The van der Waals surface area contributed by atoms with Crippen LogP contribution >= 0.6 is 23.7 Å². The molecule has 2 rings (SSSR count). The van der Waals surface area contributed by atoms with Crippen molar-refractivity contribution in [2.24, 2.45) is 0 Å². The fraction of sp³-hybridized carbons (Fsp3) is 0.200. The van der Waals surface area contributed by atoms with Crippen LogP contribution in [-0.2, 0) is 9.53 Å². The van der Waals surface area contributed by atoms with Crippen molar-refractivity contribution in [3.8, 4) is 0 Å². The number of benzene rings is 1. The van der Waals surface area contributed by atoms with Crippen LogP contribution in [0.5, 0.6) is 0 Å². The van der Waals surface area contributed by atoms with Gasteiger partial charge in [0.15, 0.2) is 0 Å². The molecule has 2 aromatic rings. The molecule has 1 heterocycles. The van der Waals surface area contributed by atoms with Crippen molar-refractivity contribution in [2.45, 2.75) is 12.8 Å². The second kappa shape index (κ2) is 7.22. The molecule has 106 valence electrons. The molecule has 1 aromatic heterocycles. The summed E-state index contributed by atoms with van der Waals surface area (Å²) in [5.41, 5.74) is 0.654. The highest BCUT2D eigenvalue weighted by atomic mass is 35.5. The lowest BCUT2D eigenvalue weighted by Gasteiger charge is -2.05. The van der Waals surface area contributed by atoms with Crippen LogP contribution in [0.25, 0.3) is 0 Å². The number of ketones is 1. The lowest BCUT2D eigenvalue weighted by molar-refractivity contribution is -0.141. The molecule has 0 aliphatic heterocycles. The first-order valence-corrected chi connectivity index (χ1v) is 6.72. The monoisotopic (exact) mass is 310 g/mol. The van der Waals surface area contributed by atoms with Crippen molar-refractivity contribution in [2.75, 3.05) is 7.11 Å². The summed E-state index contributed by atoms with van der Waals surface area (Å²) < 4.78 is 4.70. The second-order valence-corrected chi connectivity index (χ2v) is 5.26. The normalized spacial score (nSPS) is 11.3. The van der Waals surface area contributed by atoms with Gasteiger partial charge in [-0.2, -0.15) is 0 Å². The van der Waals surface area contributed by atoms with E-state index in [1.807, 2.05) is 24.3 Å². The highest BCUT2D eigenvalue weighted by molar-refractivity contribution is 7.14. The van der Waals surface area contributed by atoms with Crippen LogP contribution in [-0.4, -0.2) is 18.9 Å². The molecule has 5 heteroatoms. The van der Waals surface area contributed by atoms with Gasteiger partial charge >= 0.3 is 5.97 Å². The van der Waals surface area contributed by atoms with Crippen LogP contribution in [0.4, 0.5) is 0 Å². The average Bonchev–Trinajstić information content (AvgIpc) is 2.95. The van der Waals surface area contributed by atoms with Gasteiger partial charge in [-0.25, -0.2) is 0 Å². The van der Waals surface area contributed by atoms with Gasteiger partial charge in [0.25, 0.3) is 0 Å². The molecule has 0 N–H and O–H groups in total. The third-order valence-corrected chi connectivity index (χ3v) is 4.13. The number of thiophene rings is 1. The maximum atomic E-state index is 12.2. The standard InChI is InChI=1S/C15H14O3S.ClH/c1-10(15(17)18-2)12-8-9-13(19-12)14(16)11-6-4-3-5-7-11;/h3-10H,1-2H3;1H. The Morgan fingerprint density at radius 2 is 1.75 bits per heavy atom. The molecule has 1 unspecified atom stereocenters. The molecule has 0 fully saturated rings. The van der Waals surface area contributed by atoms with Crippen molar-refractivity contribution in [1.82, 2.24) is 0 Å². The lowest BCUT2D eigenvalue weighted by atomic mass is 10.1. The van der Waals surface area contributed by atoms with Crippen molar-refractivity contribution in [3.63, 3.8) is 0 Å². The molecule has 20 heavy (non-hydrogen) atoms. The van der Waals surface area contributed by atoms with Crippen LogP contribution < -0.4 is 0 Å². The Morgan fingerprint density at radius 3 is 2.35 bits per heavy atom. The Kier molecular flexibility index (Phi) is 5.92. The molecule has 0 radical (unpaired) electrons. The van der Waals surface area contributed by atoms with Gasteiger partial charge in [0, 0.05) is 10.4 Å². The second-order valence-electron chi connectivity index (χ2n) is 4.14. The molecule has 0 saturated carbocycles. The zero-order valence-electron chi connectivity index (χ0n) is 11.2. The minimum absolute atomic E-state index is 0. The van der Waals surface area contributed by atoms with E-state index in [-0.39, 0.29) is 30.1 Å². The van der Waals surface area contributed by atoms with E-state index in [2.05, 4.69) is 0 Å². The minimum atomic E-state index is -0.340. The van der Waals surface area contributed by atoms with Gasteiger partial charge in [-0.05, 0) is 19.1 Å². The maximum absolute atomic E-state index is 12.2. The van der Waals surface area contributed by atoms with Crippen LogP contribution in [0.1, 0.15) is 33.0 Å². The van der Waals surface area contributed by atoms with Crippen LogP contribution in [0.3, 0.4) is 0 Å². The zero-order chi connectivity index (χ0) is 13.8. The largest absolute Gasteiger partial charge is 0.469 e. The third-order valence-electron chi connectivity index (χ3n) is 2.87. The summed E-state index contributed by atoms with van der Waals surface area (Å²) in [6.07, 6.45) is 0. The van der Waals surface area contributed by atoms with Crippen LogP contribution in [0, 0.1) is 0 Å². The van der Waals surface area contributed by atoms with Crippen molar-refractivity contribution in [1.29, 1.82) is 0 Å². The molecule has 1 aromatic carbocycles. The molecule has 0 aliphatic carbocycles. The predicted octanol–water partition coefficient (Wildman–Crippen LogP) is 3.68. The number of ether oxygens (including phenoxy) is 1. The van der Waals surface area contributed by atoms with Crippen molar-refractivity contribution < 1.29 is 14.3 Å². The van der Waals surface area contributed by atoms with Gasteiger partial charge < -0.3 is 4.74 Å². The van der Waals surface area contributed by atoms with E-state index >= 15 is 0 Å². The first-order chi connectivity index (χ1) is 9.13. The molecule has 0 saturated heterocycles. The van der Waals surface area contributed by atoms with E-state index in [9.17, 15) is 9.59 Å². The summed E-state index contributed by atoms with van der Waals surface area (Å²) in [4.78, 5) is 25.2. The zero-order valence-corrected chi connectivity index (χ0v) is 12.8. The Bertz CT molecular complexity index is 592. The fourth-order valence-corrected chi connectivity index (χ4v) is 2.74. The first kappa shape index (κ1) is 16.4. The SMILES string of the molecule is COC(=O)C(C)c1ccc(C(=O)c2ccccc2)s1.Cl. The molecule has 0 bridgehead atoms. The number of carbonyl (C=O) groups excluding carboxylic acids is 2. The number of halogens is 1. The topological polar surface area (TPSA) is 43.4 Å². The molecular formula is C15H15ClO3S. The number of hydrogen-bond acceptors (Lipinski definition) is 4. The first-order valence-electron chi connectivity index (χ1n) is 5.90. The quantitative estimate of drug-likeness (QED) is 0.639. The number of carbonyl (C=O) groups is 2. The molecular weight excluding hydrogens is 296 g/mol. The number of rotatable bonds is 4. The van der Waals surface area contributed by atoms with E-state index in [1.165, 1.54) is 18.4 Å². The fourth-order valence-electron chi connectivity index (χ4n) is 1.73. The molecule has 0 amide bonds. The Labute approximate surface area is 128 Å². The number of esters is 1. The van der Waals surface area contributed by atoms with Gasteiger partial charge in [-0.3, -0.25) is 9.59 Å². The Hall–Kier alpha value is -1.65. The van der Waals surface area contributed by atoms with Gasteiger partial charge in [-0.15, -0.1) is 23.7 Å². The van der Waals surface area contributed by atoms with E-state index in [0.717, 1.165) is 4.88 Å². The van der Waals surface area contributed by atoms with Crippen molar-refractivity contribution >= 4 is 35.5 Å². The third kappa shape index (κ3) is 3.46. The maximum Gasteiger partial charge on any atom is 0.313 e. The van der Waals surface area contributed by atoms with E-state index in [4.69, 9.17) is 4.74 Å². The molecule has 0 aliphatic rings. The minimum Gasteiger partial charge on any atom is -0.469 e. The van der Waals surface area contributed by atoms with Crippen LogP contribution in [0.15, 0.2) is 42.5 Å². The predicted molar refractivity (Wildman–Crippen MR) is 81.9 cm³/mol. The highest BCUT2D eigenvalue weighted by Gasteiger charge is 2.19. The summed E-state index contributed by atoms with van der Waals surface area (Å²) in [6, 6.07) is 12.7. The summed E-state index contributed by atoms with van der Waals surface area (Å²) in [7, 11) is 1.36. The van der Waals surface area contributed by atoms with Crippen LogP contribution in [0.2, 0.25) is 0 Å². The van der Waals surface area contributed by atoms with E-state index < -0.39 is 0 Å². The van der Waals surface area contributed by atoms with Gasteiger partial charge in [0.05, 0.1) is 17.9 Å². The summed E-state index contributed by atoms with van der Waals surface area (Å²) in [5.74, 6) is -0.651. The summed E-state index contributed by atoms with van der Waals surface area (Å²) in [6.45, 7) is 1.77.